The van der Waals surface area contributed by atoms with Crippen LogP contribution in [0.4, 0.5) is 0 Å². The second-order valence-corrected chi connectivity index (χ2v) is 7.71. The summed E-state index contributed by atoms with van der Waals surface area (Å²) in [6.45, 7) is 10.0. The van der Waals surface area contributed by atoms with Crippen molar-refractivity contribution in [3.05, 3.63) is 23.8 Å². The number of carboxylic acid groups (broad SMARTS) is 1. The third-order valence-electron chi connectivity index (χ3n) is 4.85. The number of aliphatic carboxylic acids is 1. The highest BCUT2D eigenvalue weighted by molar-refractivity contribution is 5.95. The molecule has 0 atom stereocenters. The fourth-order valence-electron chi connectivity index (χ4n) is 3.30. The summed E-state index contributed by atoms with van der Waals surface area (Å²) in [5, 5.41) is 8.76. The molecule has 1 aromatic carbocycles. The summed E-state index contributed by atoms with van der Waals surface area (Å²) in [5.74, 6) is 0.260. The van der Waals surface area contributed by atoms with E-state index in [9.17, 15) is 9.59 Å². The first kappa shape index (κ1) is 20.1. The van der Waals surface area contributed by atoms with Crippen LogP contribution in [-0.2, 0) is 4.79 Å². The minimum Gasteiger partial charge on any atom is -0.490 e. The summed E-state index contributed by atoms with van der Waals surface area (Å²) >= 11 is 0. The van der Waals surface area contributed by atoms with Crippen molar-refractivity contribution in [2.24, 2.45) is 11.3 Å². The molecule has 144 valence electrons. The van der Waals surface area contributed by atoms with Gasteiger partial charge in [0.25, 0.3) is 5.91 Å². The van der Waals surface area contributed by atoms with Crippen LogP contribution in [0.25, 0.3) is 0 Å². The van der Waals surface area contributed by atoms with E-state index in [0.717, 1.165) is 25.9 Å². The van der Waals surface area contributed by atoms with Crippen molar-refractivity contribution >= 4 is 11.9 Å². The zero-order chi connectivity index (χ0) is 19.3. The molecule has 1 N–H and O–H groups in total. The van der Waals surface area contributed by atoms with Crippen molar-refractivity contribution < 1.29 is 24.2 Å². The van der Waals surface area contributed by atoms with Gasteiger partial charge in [-0.3, -0.25) is 4.79 Å². The van der Waals surface area contributed by atoms with Gasteiger partial charge in [0.15, 0.2) is 18.1 Å². The van der Waals surface area contributed by atoms with Crippen molar-refractivity contribution in [1.29, 1.82) is 0 Å². The molecular weight excluding hydrogens is 334 g/mol. The van der Waals surface area contributed by atoms with E-state index in [1.54, 1.807) is 18.2 Å². The van der Waals surface area contributed by atoms with Crippen molar-refractivity contribution in [1.82, 2.24) is 4.90 Å². The maximum absolute atomic E-state index is 12.8. The molecule has 2 rings (SSSR count). The minimum absolute atomic E-state index is 0.0249. The molecule has 1 amide bonds. The van der Waals surface area contributed by atoms with Crippen LogP contribution < -0.4 is 9.47 Å². The molecule has 0 saturated carbocycles. The van der Waals surface area contributed by atoms with E-state index in [0.29, 0.717) is 29.6 Å². The van der Waals surface area contributed by atoms with Crippen molar-refractivity contribution in [2.75, 3.05) is 26.3 Å². The van der Waals surface area contributed by atoms with Gasteiger partial charge in [0.05, 0.1) is 6.61 Å². The fourth-order valence-corrected chi connectivity index (χ4v) is 3.30. The summed E-state index contributed by atoms with van der Waals surface area (Å²) < 4.78 is 10.8. The Balaban J connectivity index is 2.09. The average Bonchev–Trinajstić information content (AvgIpc) is 2.59. The molecule has 1 aliphatic rings. The second kappa shape index (κ2) is 8.43. The Bertz CT molecular complexity index is 642. The van der Waals surface area contributed by atoms with Crippen molar-refractivity contribution in [3.63, 3.8) is 0 Å². The van der Waals surface area contributed by atoms with Gasteiger partial charge in [-0.2, -0.15) is 0 Å². The molecule has 0 aliphatic carbocycles. The van der Waals surface area contributed by atoms with Crippen LogP contribution in [0.2, 0.25) is 0 Å². The van der Waals surface area contributed by atoms with Crippen LogP contribution >= 0.6 is 0 Å². The number of ether oxygens (including phenoxy) is 2. The smallest absolute Gasteiger partial charge is 0.341 e. The number of nitrogens with zero attached hydrogens (tertiary/aromatic N) is 1. The normalized spacial score (nSPS) is 15.6. The van der Waals surface area contributed by atoms with Crippen molar-refractivity contribution in [3.8, 4) is 11.5 Å². The molecule has 6 nitrogen and oxygen atoms in total. The number of benzene rings is 1. The van der Waals surface area contributed by atoms with Gasteiger partial charge in [-0.1, -0.05) is 20.8 Å². The Hall–Kier alpha value is -2.24. The molecular formula is C20H29NO5. The van der Waals surface area contributed by atoms with Gasteiger partial charge in [-0.15, -0.1) is 0 Å². The number of amides is 1. The number of carbonyl (C=O) groups excluding carboxylic acids is 1. The molecule has 0 unspecified atom stereocenters. The molecule has 0 spiro atoms. The Kier molecular flexibility index (Phi) is 6.51. The zero-order valence-corrected chi connectivity index (χ0v) is 16.1. The number of rotatable bonds is 6. The lowest BCUT2D eigenvalue weighted by Crippen LogP contribution is -2.41. The maximum atomic E-state index is 12.8. The number of hydrogen-bond acceptors (Lipinski definition) is 4. The minimum atomic E-state index is -1.06. The molecule has 0 aromatic heterocycles. The molecule has 6 heteroatoms. The third-order valence-corrected chi connectivity index (χ3v) is 4.85. The number of carboxylic acids is 1. The summed E-state index contributed by atoms with van der Waals surface area (Å²) in [5.41, 5.74) is 0.797. The number of piperidine rings is 1. The van der Waals surface area contributed by atoms with Crippen LogP contribution in [-0.4, -0.2) is 48.2 Å². The monoisotopic (exact) mass is 363 g/mol. The van der Waals surface area contributed by atoms with E-state index in [2.05, 4.69) is 20.8 Å². The topological polar surface area (TPSA) is 76.1 Å². The van der Waals surface area contributed by atoms with E-state index in [1.165, 1.54) is 0 Å². The van der Waals surface area contributed by atoms with Gasteiger partial charge in [0.2, 0.25) is 0 Å². The Morgan fingerprint density at radius 2 is 1.81 bits per heavy atom. The summed E-state index contributed by atoms with van der Waals surface area (Å²) in [4.78, 5) is 25.4. The van der Waals surface area contributed by atoms with Gasteiger partial charge in [-0.05, 0) is 49.3 Å². The average molecular weight is 363 g/mol. The fraction of sp³-hybridized carbons (Fsp3) is 0.600. The van der Waals surface area contributed by atoms with Crippen LogP contribution in [0.3, 0.4) is 0 Å². The largest absolute Gasteiger partial charge is 0.490 e. The molecule has 0 bridgehead atoms. The standard InChI is InChI=1S/C20H29NO5/c1-5-25-17-12-14(6-7-16(17)26-13-18(22)23)19(24)21-10-8-15(9-11-21)20(2,3)4/h6-7,12,15H,5,8-11,13H2,1-4H3,(H,22,23). The van der Waals surface area contributed by atoms with Gasteiger partial charge in [0.1, 0.15) is 0 Å². The summed E-state index contributed by atoms with van der Waals surface area (Å²) in [6.07, 6.45) is 2.01. The lowest BCUT2D eigenvalue weighted by molar-refractivity contribution is -0.139. The van der Waals surface area contributed by atoms with Crippen LogP contribution in [0, 0.1) is 11.3 Å². The lowest BCUT2D eigenvalue weighted by atomic mass is 9.75. The molecule has 1 aromatic rings. The first-order valence-electron chi connectivity index (χ1n) is 9.13. The lowest BCUT2D eigenvalue weighted by Gasteiger charge is -2.38. The first-order valence-corrected chi connectivity index (χ1v) is 9.13. The number of hydrogen-bond donors (Lipinski definition) is 1. The SMILES string of the molecule is CCOc1cc(C(=O)N2CCC(C(C)(C)C)CC2)ccc1OCC(=O)O. The van der Waals surface area contributed by atoms with Gasteiger partial charge in [0, 0.05) is 18.7 Å². The predicted octanol–water partition coefficient (Wildman–Crippen LogP) is 3.45. The molecule has 1 aliphatic heterocycles. The van der Waals surface area contributed by atoms with E-state index >= 15 is 0 Å². The van der Waals surface area contributed by atoms with Gasteiger partial charge >= 0.3 is 5.97 Å². The Labute approximate surface area is 155 Å². The van der Waals surface area contributed by atoms with Crippen LogP contribution in [0.15, 0.2) is 18.2 Å². The number of carbonyl (C=O) groups is 2. The highest BCUT2D eigenvalue weighted by Crippen LogP contribution is 2.35. The zero-order valence-electron chi connectivity index (χ0n) is 16.1. The predicted molar refractivity (Wildman–Crippen MR) is 98.8 cm³/mol. The van der Waals surface area contributed by atoms with Gasteiger partial charge in [-0.25, -0.2) is 4.79 Å². The number of likely N-dealkylation sites (tertiary alicyclic amines) is 1. The quantitative estimate of drug-likeness (QED) is 0.838. The Morgan fingerprint density at radius 3 is 2.35 bits per heavy atom. The Morgan fingerprint density at radius 1 is 1.15 bits per heavy atom. The second-order valence-electron chi connectivity index (χ2n) is 7.71. The van der Waals surface area contributed by atoms with E-state index < -0.39 is 12.6 Å². The molecule has 1 fully saturated rings. The van der Waals surface area contributed by atoms with Crippen molar-refractivity contribution in [2.45, 2.75) is 40.5 Å². The summed E-state index contributed by atoms with van der Waals surface area (Å²) in [7, 11) is 0. The van der Waals surface area contributed by atoms with Crippen LogP contribution in [0.5, 0.6) is 11.5 Å². The van der Waals surface area contributed by atoms with E-state index in [4.69, 9.17) is 14.6 Å². The summed E-state index contributed by atoms with van der Waals surface area (Å²) in [6, 6.07) is 4.90. The molecule has 26 heavy (non-hydrogen) atoms. The maximum Gasteiger partial charge on any atom is 0.341 e. The molecule has 1 saturated heterocycles. The third kappa shape index (κ3) is 5.13. The molecule has 1 heterocycles. The first-order chi connectivity index (χ1) is 12.2. The highest BCUT2D eigenvalue weighted by Gasteiger charge is 2.30. The highest BCUT2D eigenvalue weighted by atomic mass is 16.5. The van der Waals surface area contributed by atoms with Crippen LogP contribution in [0.1, 0.15) is 50.9 Å². The van der Waals surface area contributed by atoms with Gasteiger partial charge < -0.3 is 19.5 Å². The van der Waals surface area contributed by atoms with E-state index in [1.807, 2.05) is 11.8 Å². The molecule has 0 radical (unpaired) electrons. The van der Waals surface area contributed by atoms with E-state index in [-0.39, 0.29) is 11.3 Å².